The van der Waals surface area contributed by atoms with E-state index in [1.807, 2.05) is 55.1 Å². The molecule has 0 unspecified atom stereocenters. The van der Waals surface area contributed by atoms with Crippen LogP contribution in [0, 0.1) is 13.8 Å². The second kappa shape index (κ2) is 11.8. The summed E-state index contributed by atoms with van der Waals surface area (Å²) in [5, 5.41) is 4.99. The number of nitrogens with one attached hydrogen (secondary N) is 2. The molecule has 0 saturated heterocycles. The molecule has 6 nitrogen and oxygen atoms in total. The van der Waals surface area contributed by atoms with E-state index in [2.05, 4.69) is 23.3 Å². The molecule has 1 heterocycles. The van der Waals surface area contributed by atoms with E-state index < -0.39 is 0 Å². The van der Waals surface area contributed by atoms with Gasteiger partial charge < -0.3 is 24.7 Å². The molecule has 3 aromatic rings. The number of aryl methyl sites for hydroxylation is 2. The highest BCUT2D eigenvalue weighted by molar-refractivity contribution is 7.80. The van der Waals surface area contributed by atoms with Gasteiger partial charge in [-0.3, -0.25) is 4.79 Å². The molecule has 0 spiro atoms. The Morgan fingerprint density at radius 3 is 2.58 bits per heavy atom. The molecule has 0 aliphatic heterocycles. The second-order valence-electron chi connectivity index (χ2n) is 8.15. The Kier molecular flexibility index (Phi) is 8.86. The fraction of sp³-hybridized carbons (Fsp3) is 0.385. The number of pyridine rings is 1. The van der Waals surface area contributed by atoms with Gasteiger partial charge in [-0.2, -0.15) is 0 Å². The number of rotatable bonds is 10. The lowest BCUT2D eigenvalue weighted by Gasteiger charge is -2.26. The summed E-state index contributed by atoms with van der Waals surface area (Å²) in [4.78, 5) is 18.0. The summed E-state index contributed by atoms with van der Waals surface area (Å²) in [5.41, 5.74) is 4.80. The lowest BCUT2D eigenvalue weighted by atomic mass is 10.0. The van der Waals surface area contributed by atoms with Crippen molar-refractivity contribution in [2.24, 2.45) is 0 Å². The molecule has 0 aliphatic rings. The summed E-state index contributed by atoms with van der Waals surface area (Å²) in [7, 11) is 1.65. The molecule has 0 radical (unpaired) electrons. The minimum Gasteiger partial charge on any atom is -0.497 e. The Bertz CT molecular complexity index is 1140. The van der Waals surface area contributed by atoms with Crippen LogP contribution in [0.3, 0.4) is 0 Å². The van der Waals surface area contributed by atoms with E-state index in [9.17, 15) is 4.79 Å². The fourth-order valence-electron chi connectivity index (χ4n) is 3.82. The van der Waals surface area contributed by atoms with Gasteiger partial charge in [0.05, 0.1) is 13.7 Å². The maximum Gasteiger partial charge on any atom is 0.253 e. The number of aromatic nitrogens is 1. The van der Waals surface area contributed by atoms with Gasteiger partial charge in [-0.15, -0.1) is 0 Å². The van der Waals surface area contributed by atoms with Crippen molar-refractivity contribution in [3.8, 4) is 5.75 Å². The van der Waals surface area contributed by atoms with Crippen molar-refractivity contribution in [2.75, 3.05) is 26.9 Å². The molecule has 176 valence electrons. The van der Waals surface area contributed by atoms with Crippen LogP contribution >= 0.6 is 12.2 Å². The molecule has 7 heteroatoms. The minimum absolute atomic E-state index is 0.0913. The normalized spacial score (nSPS) is 10.9. The summed E-state index contributed by atoms with van der Waals surface area (Å²) >= 11 is 5.72. The highest BCUT2D eigenvalue weighted by atomic mass is 32.1. The highest BCUT2D eigenvalue weighted by Gasteiger charge is 2.15. The number of H-pyrrole nitrogens is 1. The van der Waals surface area contributed by atoms with Crippen LogP contribution in [0.2, 0.25) is 0 Å². The van der Waals surface area contributed by atoms with Gasteiger partial charge in [-0.05, 0) is 80.4 Å². The number of nitrogens with zero attached hydrogens (tertiary/aromatic N) is 1. The molecule has 33 heavy (non-hydrogen) atoms. The molecule has 2 N–H and O–H groups in total. The van der Waals surface area contributed by atoms with Gasteiger partial charge in [0.25, 0.3) is 5.56 Å². The van der Waals surface area contributed by atoms with E-state index in [-0.39, 0.29) is 5.56 Å². The van der Waals surface area contributed by atoms with E-state index in [1.165, 1.54) is 0 Å². The van der Waals surface area contributed by atoms with Gasteiger partial charge in [-0.1, -0.05) is 18.2 Å². The van der Waals surface area contributed by atoms with E-state index in [4.69, 9.17) is 21.7 Å². The Morgan fingerprint density at radius 1 is 1.12 bits per heavy atom. The van der Waals surface area contributed by atoms with E-state index in [1.54, 1.807) is 7.11 Å². The van der Waals surface area contributed by atoms with Gasteiger partial charge >= 0.3 is 0 Å². The molecule has 0 bridgehead atoms. The summed E-state index contributed by atoms with van der Waals surface area (Å²) in [6.07, 6.45) is 0.861. The molecule has 0 atom stereocenters. The summed E-state index contributed by atoms with van der Waals surface area (Å²) in [6.45, 7) is 9.17. The lowest BCUT2D eigenvalue weighted by Crippen LogP contribution is -2.40. The largest absolute Gasteiger partial charge is 0.497 e. The summed E-state index contributed by atoms with van der Waals surface area (Å²) < 4.78 is 10.7. The van der Waals surface area contributed by atoms with Crippen molar-refractivity contribution in [3.63, 3.8) is 0 Å². The third-order valence-electron chi connectivity index (χ3n) is 5.52. The summed E-state index contributed by atoms with van der Waals surface area (Å²) in [5.74, 6) is 0.804. The first kappa shape index (κ1) is 24.7. The zero-order chi connectivity index (χ0) is 23.8. The lowest BCUT2D eigenvalue weighted by molar-refractivity contribution is 0.145. The predicted octanol–water partition coefficient (Wildman–Crippen LogP) is 4.46. The smallest absolute Gasteiger partial charge is 0.253 e. The van der Waals surface area contributed by atoms with Crippen molar-refractivity contribution in [1.82, 2.24) is 15.2 Å². The van der Waals surface area contributed by atoms with Crippen LogP contribution in [0.4, 0.5) is 0 Å². The average molecular weight is 468 g/mol. The molecule has 0 amide bonds. The predicted molar refractivity (Wildman–Crippen MR) is 138 cm³/mol. The number of methoxy groups -OCH3 is 1. The number of benzene rings is 2. The van der Waals surface area contributed by atoms with Crippen molar-refractivity contribution in [3.05, 3.63) is 75.1 Å². The maximum absolute atomic E-state index is 12.9. The van der Waals surface area contributed by atoms with Crippen LogP contribution in [0.5, 0.6) is 5.75 Å². The van der Waals surface area contributed by atoms with Crippen molar-refractivity contribution in [2.45, 2.75) is 40.3 Å². The van der Waals surface area contributed by atoms with Crippen LogP contribution in [-0.4, -0.2) is 41.9 Å². The van der Waals surface area contributed by atoms with Crippen molar-refractivity contribution >= 4 is 28.2 Å². The topological polar surface area (TPSA) is 66.6 Å². The maximum atomic E-state index is 12.9. The van der Waals surface area contributed by atoms with E-state index in [0.717, 1.165) is 39.8 Å². The van der Waals surface area contributed by atoms with E-state index in [0.29, 0.717) is 43.5 Å². The number of hydrogen-bond acceptors (Lipinski definition) is 4. The number of hydrogen-bond donors (Lipinski definition) is 2. The molecular weight excluding hydrogens is 434 g/mol. The number of thiocarbonyl (C=S) groups is 1. The molecule has 0 aliphatic carbocycles. The van der Waals surface area contributed by atoms with Crippen LogP contribution in [0.25, 0.3) is 10.9 Å². The SMILES string of the molecule is CCOCCCNC(=S)N(Cc1ccc(OC)cc1)Cc1cc2c(C)cc(C)cc2[nH]c1=O. The Labute approximate surface area is 200 Å². The molecule has 1 aromatic heterocycles. The summed E-state index contributed by atoms with van der Waals surface area (Å²) in [6, 6.07) is 14.0. The van der Waals surface area contributed by atoms with Crippen LogP contribution in [0.1, 0.15) is 35.6 Å². The zero-order valence-electron chi connectivity index (χ0n) is 19.9. The first-order valence-electron chi connectivity index (χ1n) is 11.3. The first-order chi connectivity index (χ1) is 15.9. The highest BCUT2D eigenvalue weighted by Crippen LogP contribution is 2.20. The van der Waals surface area contributed by atoms with E-state index >= 15 is 0 Å². The quantitative estimate of drug-likeness (QED) is 0.339. The molecule has 0 fully saturated rings. The van der Waals surface area contributed by atoms with Crippen LogP contribution in [-0.2, 0) is 17.8 Å². The van der Waals surface area contributed by atoms with Gasteiger partial charge in [0.2, 0.25) is 0 Å². The monoisotopic (exact) mass is 467 g/mol. The van der Waals surface area contributed by atoms with Gasteiger partial charge in [0.15, 0.2) is 5.11 Å². The van der Waals surface area contributed by atoms with Crippen molar-refractivity contribution < 1.29 is 9.47 Å². The number of ether oxygens (including phenoxy) is 2. The van der Waals surface area contributed by atoms with Crippen molar-refractivity contribution in [1.29, 1.82) is 0 Å². The molecular formula is C26H33N3O3S. The Morgan fingerprint density at radius 2 is 1.88 bits per heavy atom. The Hall–Kier alpha value is -2.90. The number of aromatic amines is 1. The molecule has 3 rings (SSSR count). The van der Waals surface area contributed by atoms with Gasteiger partial charge in [0.1, 0.15) is 5.75 Å². The standard InChI is InChI=1S/C26H33N3O3S/c1-5-32-12-6-11-27-26(33)29(16-20-7-9-22(31-4)10-8-20)17-21-15-23-19(3)13-18(2)14-24(23)28-25(21)30/h7-10,13-15H,5-6,11-12,16-17H2,1-4H3,(H,27,33)(H,28,30). The van der Waals surface area contributed by atoms with Crippen LogP contribution in [0.15, 0.2) is 47.3 Å². The van der Waals surface area contributed by atoms with Gasteiger partial charge in [-0.25, -0.2) is 0 Å². The van der Waals surface area contributed by atoms with Crippen LogP contribution < -0.4 is 15.6 Å². The third kappa shape index (κ3) is 6.79. The first-order valence-corrected chi connectivity index (χ1v) is 11.7. The number of fused-ring (bicyclic) bond motifs is 1. The fourth-order valence-corrected chi connectivity index (χ4v) is 4.05. The van der Waals surface area contributed by atoms with Gasteiger partial charge in [0, 0.05) is 42.8 Å². The third-order valence-corrected chi connectivity index (χ3v) is 5.92. The Balaban J connectivity index is 1.84. The minimum atomic E-state index is -0.0913. The second-order valence-corrected chi connectivity index (χ2v) is 8.54. The molecule has 0 saturated carbocycles. The zero-order valence-corrected chi connectivity index (χ0v) is 20.7. The molecule has 2 aromatic carbocycles. The average Bonchev–Trinajstić information content (AvgIpc) is 2.79.